The van der Waals surface area contributed by atoms with Crippen molar-refractivity contribution in [2.45, 2.75) is 25.9 Å². The number of hydrogen-bond acceptors (Lipinski definition) is 3. The molecule has 22 heavy (non-hydrogen) atoms. The third-order valence-electron chi connectivity index (χ3n) is 4.25. The van der Waals surface area contributed by atoms with Crippen LogP contribution in [0.5, 0.6) is 0 Å². The second-order valence-corrected chi connectivity index (χ2v) is 6.01. The van der Waals surface area contributed by atoms with Crippen molar-refractivity contribution in [3.63, 3.8) is 0 Å². The van der Waals surface area contributed by atoms with Gasteiger partial charge < -0.3 is 19.7 Å². The van der Waals surface area contributed by atoms with Crippen LogP contribution < -0.4 is 5.32 Å². The summed E-state index contributed by atoms with van der Waals surface area (Å²) >= 11 is 0. The summed E-state index contributed by atoms with van der Waals surface area (Å²) < 4.78 is 10.9. The lowest BCUT2D eigenvalue weighted by Gasteiger charge is -2.16. The molecule has 1 saturated heterocycles. The highest BCUT2D eigenvalue weighted by Crippen LogP contribution is 2.21. The fourth-order valence-corrected chi connectivity index (χ4v) is 2.92. The van der Waals surface area contributed by atoms with Crippen molar-refractivity contribution in [1.82, 2.24) is 10.2 Å². The Morgan fingerprint density at radius 2 is 2.09 bits per heavy atom. The number of nitrogens with one attached hydrogen (secondary N) is 1. The third-order valence-corrected chi connectivity index (χ3v) is 4.25. The first-order valence-electron chi connectivity index (χ1n) is 8.08. The molecule has 0 radical (unpaired) electrons. The topological polar surface area (TPSA) is 50.8 Å². The van der Waals surface area contributed by atoms with E-state index in [4.69, 9.17) is 9.47 Å². The van der Waals surface area contributed by atoms with E-state index in [9.17, 15) is 4.79 Å². The summed E-state index contributed by atoms with van der Waals surface area (Å²) in [5.41, 5.74) is 2.50. The van der Waals surface area contributed by atoms with E-state index in [-0.39, 0.29) is 6.03 Å². The maximum absolute atomic E-state index is 12.1. The van der Waals surface area contributed by atoms with Crippen molar-refractivity contribution in [3.8, 4) is 0 Å². The Morgan fingerprint density at radius 1 is 1.32 bits per heavy atom. The van der Waals surface area contributed by atoms with Gasteiger partial charge in [0, 0.05) is 38.8 Å². The number of nitrogens with zero attached hydrogens (tertiary/aromatic N) is 1. The number of carbonyl (C=O) groups is 1. The Labute approximate surface area is 131 Å². The molecule has 0 unspecified atom stereocenters. The zero-order valence-corrected chi connectivity index (χ0v) is 12.9. The largest absolute Gasteiger partial charge is 0.381 e. The van der Waals surface area contributed by atoms with Gasteiger partial charge in [-0.15, -0.1) is 0 Å². The van der Waals surface area contributed by atoms with E-state index < -0.39 is 0 Å². The average molecular weight is 304 g/mol. The van der Waals surface area contributed by atoms with Gasteiger partial charge in [-0.05, 0) is 24.0 Å². The molecule has 0 saturated carbocycles. The molecule has 0 bridgehead atoms. The molecule has 1 aromatic rings. The zero-order chi connectivity index (χ0) is 15.2. The molecule has 5 nitrogen and oxygen atoms in total. The molecule has 2 aliphatic rings. The molecule has 1 aromatic carbocycles. The predicted octanol–water partition coefficient (Wildman–Crippen LogP) is 2.16. The van der Waals surface area contributed by atoms with E-state index >= 15 is 0 Å². The van der Waals surface area contributed by atoms with E-state index in [0.29, 0.717) is 32.2 Å². The highest BCUT2D eigenvalue weighted by atomic mass is 16.5. The number of fused-ring (bicyclic) bond motifs is 1. The molecule has 1 fully saturated rings. The Kier molecular flexibility index (Phi) is 5.29. The summed E-state index contributed by atoms with van der Waals surface area (Å²) in [6.45, 7) is 5.23. The predicted molar refractivity (Wildman–Crippen MR) is 83.4 cm³/mol. The van der Waals surface area contributed by atoms with E-state index in [1.54, 1.807) is 0 Å². The SMILES string of the molecule is O=C(NCCCOC[C@@H]1CCOC1)N1Cc2ccccc2C1. The van der Waals surface area contributed by atoms with Gasteiger partial charge in [0.2, 0.25) is 0 Å². The Balaban J connectivity index is 1.27. The normalized spacial score (nSPS) is 20.2. The second-order valence-electron chi connectivity index (χ2n) is 6.01. The quantitative estimate of drug-likeness (QED) is 0.819. The minimum atomic E-state index is 0.0143. The summed E-state index contributed by atoms with van der Waals surface area (Å²) in [6.07, 6.45) is 1.95. The van der Waals surface area contributed by atoms with Crippen molar-refractivity contribution in [2.75, 3.05) is 33.0 Å². The van der Waals surface area contributed by atoms with Crippen molar-refractivity contribution < 1.29 is 14.3 Å². The summed E-state index contributed by atoms with van der Waals surface area (Å²) in [5, 5.41) is 2.97. The van der Waals surface area contributed by atoms with Gasteiger partial charge in [0.1, 0.15) is 0 Å². The number of rotatable bonds is 6. The maximum atomic E-state index is 12.1. The monoisotopic (exact) mass is 304 g/mol. The second kappa shape index (κ2) is 7.61. The molecule has 5 heteroatoms. The lowest BCUT2D eigenvalue weighted by atomic mass is 10.1. The summed E-state index contributed by atoms with van der Waals surface area (Å²) in [6, 6.07) is 8.23. The fraction of sp³-hybridized carbons (Fsp3) is 0.588. The van der Waals surface area contributed by atoms with E-state index in [1.165, 1.54) is 11.1 Å². The van der Waals surface area contributed by atoms with Gasteiger partial charge >= 0.3 is 6.03 Å². The van der Waals surface area contributed by atoms with Crippen molar-refractivity contribution in [3.05, 3.63) is 35.4 Å². The van der Waals surface area contributed by atoms with Gasteiger partial charge in [-0.3, -0.25) is 0 Å². The van der Waals surface area contributed by atoms with Gasteiger partial charge in [0.05, 0.1) is 13.2 Å². The van der Waals surface area contributed by atoms with Crippen LogP contribution in [0.3, 0.4) is 0 Å². The number of urea groups is 1. The van der Waals surface area contributed by atoms with Crippen molar-refractivity contribution in [2.24, 2.45) is 5.92 Å². The molecule has 1 atom stereocenters. The molecule has 2 amide bonds. The first-order chi connectivity index (χ1) is 10.8. The van der Waals surface area contributed by atoms with Crippen LogP contribution in [0.2, 0.25) is 0 Å². The lowest BCUT2D eigenvalue weighted by molar-refractivity contribution is 0.0883. The van der Waals surface area contributed by atoms with Gasteiger partial charge in [-0.25, -0.2) is 4.79 Å². The maximum Gasteiger partial charge on any atom is 0.318 e. The fourth-order valence-electron chi connectivity index (χ4n) is 2.92. The van der Waals surface area contributed by atoms with Crippen LogP contribution in [-0.4, -0.2) is 43.9 Å². The minimum Gasteiger partial charge on any atom is -0.381 e. The summed E-state index contributed by atoms with van der Waals surface area (Å²) in [5.74, 6) is 0.553. The van der Waals surface area contributed by atoms with Crippen molar-refractivity contribution >= 4 is 6.03 Å². The Morgan fingerprint density at radius 3 is 2.77 bits per heavy atom. The molecule has 0 spiro atoms. The lowest BCUT2D eigenvalue weighted by Crippen LogP contribution is -2.37. The highest BCUT2D eigenvalue weighted by Gasteiger charge is 2.22. The molecule has 120 valence electrons. The Hall–Kier alpha value is -1.59. The van der Waals surface area contributed by atoms with E-state index in [2.05, 4.69) is 17.4 Å². The van der Waals surface area contributed by atoms with Crippen LogP contribution in [0.25, 0.3) is 0 Å². The van der Waals surface area contributed by atoms with Gasteiger partial charge in [0.15, 0.2) is 0 Å². The number of ether oxygens (including phenoxy) is 2. The van der Waals surface area contributed by atoms with Crippen LogP contribution in [0.1, 0.15) is 24.0 Å². The van der Waals surface area contributed by atoms with Crippen LogP contribution >= 0.6 is 0 Å². The molecular weight excluding hydrogens is 280 g/mol. The van der Waals surface area contributed by atoms with E-state index in [1.807, 2.05) is 17.0 Å². The van der Waals surface area contributed by atoms with Gasteiger partial charge in [0.25, 0.3) is 0 Å². The molecule has 2 heterocycles. The number of carbonyl (C=O) groups excluding carboxylic acids is 1. The minimum absolute atomic E-state index is 0.0143. The molecule has 0 aliphatic carbocycles. The summed E-state index contributed by atoms with van der Waals surface area (Å²) in [4.78, 5) is 14.0. The zero-order valence-electron chi connectivity index (χ0n) is 12.9. The van der Waals surface area contributed by atoms with E-state index in [0.717, 1.165) is 32.7 Å². The smallest absolute Gasteiger partial charge is 0.318 e. The molecule has 0 aromatic heterocycles. The number of hydrogen-bond donors (Lipinski definition) is 1. The highest BCUT2D eigenvalue weighted by molar-refractivity contribution is 5.75. The van der Waals surface area contributed by atoms with Crippen LogP contribution in [0.4, 0.5) is 4.79 Å². The van der Waals surface area contributed by atoms with Gasteiger partial charge in [-0.1, -0.05) is 24.3 Å². The standard InChI is InChI=1S/C17H24N2O3/c20-17(19-10-15-4-1-2-5-16(15)11-19)18-7-3-8-21-12-14-6-9-22-13-14/h1-2,4-5,14H,3,6-13H2,(H,18,20)/t14-/m0/s1. The average Bonchev–Trinajstić information content (AvgIpc) is 3.19. The first kappa shape index (κ1) is 15.3. The first-order valence-corrected chi connectivity index (χ1v) is 8.08. The van der Waals surface area contributed by atoms with Crippen LogP contribution in [0, 0.1) is 5.92 Å². The molecule has 1 N–H and O–H groups in total. The number of benzene rings is 1. The van der Waals surface area contributed by atoms with Crippen LogP contribution in [0.15, 0.2) is 24.3 Å². The molecular formula is C17H24N2O3. The van der Waals surface area contributed by atoms with Gasteiger partial charge in [-0.2, -0.15) is 0 Å². The molecule has 3 rings (SSSR count). The Bertz CT molecular complexity index is 475. The molecule has 2 aliphatic heterocycles. The summed E-state index contributed by atoms with van der Waals surface area (Å²) in [7, 11) is 0. The third kappa shape index (κ3) is 3.99. The van der Waals surface area contributed by atoms with Crippen molar-refractivity contribution in [1.29, 1.82) is 0 Å². The number of amides is 2. The van der Waals surface area contributed by atoms with Crippen LogP contribution in [-0.2, 0) is 22.6 Å².